The molecule has 0 radical (unpaired) electrons. The second kappa shape index (κ2) is 4.96. The Balaban J connectivity index is 1.90. The van der Waals surface area contributed by atoms with Crippen LogP contribution in [0.15, 0.2) is 44.8 Å². The molecule has 0 saturated carbocycles. The van der Waals surface area contributed by atoms with Crippen molar-refractivity contribution in [2.75, 3.05) is 5.75 Å². The van der Waals surface area contributed by atoms with Gasteiger partial charge in [0.25, 0.3) is 0 Å². The van der Waals surface area contributed by atoms with Gasteiger partial charge in [0.05, 0.1) is 5.75 Å². The van der Waals surface area contributed by atoms with Crippen LogP contribution in [-0.2, 0) is 9.84 Å². The minimum atomic E-state index is -3.03. The lowest BCUT2D eigenvalue weighted by Crippen LogP contribution is -2.16. The molecule has 0 bridgehead atoms. The third-order valence-corrected chi connectivity index (χ3v) is 7.90. The molecule has 1 aliphatic heterocycles. The molecule has 0 aliphatic carbocycles. The van der Waals surface area contributed by atoms with Crippen LogP contribution in [-0.4, -0.2) is 14.2 Å². The molecule has 3 rings (SSSR count). The van der Waals surface area contributed by atoms with E-state index in [1.54, 1.807) is 11.8 Å². The number of benzene rings is 1. The number of thiophene rings is 1. The largest absolute Gasteiger partial charge is 0.223 e. The maximum atomic E-state index is 12.0. The van der Waals surface area contributed by atoms with Gasteiger partial charge >= 0.3 is 0 Å². The summed E-state index contributed by atoms with van der Waals surface area (Å²) in [5, 5.41) is 2.14. The van der Waals surface area contributed by atoms with E-state index in [1.165, 1.54) is 21.8 Å². The summed E-state index contributed by atoms with van der Waals surface area (Å²) in [6.07, 6.45) is 0.699. The van der Waals surface area contributed by atoms with Crippen LogP contribution in [0.3, 0.4) is 0 Å². The lowest BCUT2D eigenvalue weighted by atomic mass is 10.2. The van der Waals surface area contributed by atoms with Crippen molar-refractivity contribution >= 4 is 32.9 Å². The van der Waals surface area contributed by atoms with Crippen molar-refractivity contribution in [1.82, 2.24) is 0 Å². The van der Waals surface area contributed by atoms with Gasteiger partial charge in [0, 0.05) is 10.1 Å². The lowest BCUT2D eigenvalue weighted by molar-refractivity contribution is 0.588. The maximum Gasteiger partial charge on any atom is 0.188 e. The molecule has 1 aliphatic rings. The van der Waals surface area contributed by atoms with Crippen LogP contribution in [0, 0.1) is 6.92 Å². The highest BCUT2D eigenvalue weighted by Crippen LogP contribution is 2.46. The zero-order valence-electron chi connectivity index (χ0n) is 10.5. The molecule has 19 heavy (non-hydrogen) atoms. The second-order valence-corrected chi connectivity index (χ2v) is 9.19. The minimum absolute atomic E-state index is 0.257. The summed E-state index contributed by atoms with van der Waals surface area (Å²) in [5.74, 6) is 0.268. The smallest absolute Gasteiger partial charge is 0.188 e. The van der Waals surface area contributed by atoms with Gasteiger partial charge in [0.15, 0.2) is 9.84 Å². The molecule has 5 heteroatoms. The van der Waals surface area contributed by atoms with Crippen LogP contribution in [0.2, 0.25) is 0 Å². The molecule has 0 spiro atoms. The summed E-state index contributed by atoms with van der Waals surface area (Å²) >= 11 is 3.11. The number of fused-ring (bicyclic) bond motifs is 1. The molecule has 0 amide bonds. The first-order valence-corrected chi connectivity index (χ1v) is 9.51. The number of rotatable bonds is 2. The van der Waals surface area contributed by atoms with Crippen LogP contribution < -0.4 is 0 Å². The van der Waals surface area contributed by atoms with Gasteiger partial charge in [-0.05, 0) is 42.5 Å². The molecule has 1 aromatic heterocycles. The highest BCUT2D eigenvalue weighted by Gasteiger charge is 2.31. The third kappa shape index (κ3) is 2.59. The van der Waals surface area contributed by atoms with Gasteiger partial charge in [-0.25, -0.2) is 8.42 Å². The highest BCUT2D eigenvalue weighted by atomic mass is 32.2. The molecule has 0 fully saturated rings. The van der Waals surface area contributed by atoms with E-state index in [0.717, 1.165) is 5.56 Å². The standard InChI is InChI=1S/C14H14O2S3/c1-10-2-4-11(5-3-10)18-13-7-9-19(15,16)14-12(13)6-8-17-14/h2-6,8,13H,7,9H2,1H3/t13-/m1/s1. The fourth-order valence-electron chi connectivity index (χ4n) is 2.21. The van der Waals surface area contributed by atoms with Crippen LogP contribution in [0.1, 0.15) is 22.8 Å². The van der Waals surface area contributed by atoms with Crippen LogP contribution in [0.25, 0.3) is 0 Å². The van der Waals surface area contributed by atoms with Gasteiger partial charge in [-0.15, -0.1) is 23.1 Å². The first-order valence-electron chi connectivity index (χ1n) is 6.10. The Morgan fingerprint density at radius 1 is 1.21 bits per heavy atom. The number of hydrogen-bond donors (Lipinski definition) is 0. The molecular weight excluding hydrogens is 296 g/mol. The molecule has 1 atom stereocenters. The topological polar surface area (TPSA) is 34.1 Å². The lowest BCUT2D eigenvalue weighted by Gasteiger charge is -2.22. The number of thioether (sulfide) groups is 1. The minimum Gasteiger partial charge on any atom is -0.223 e. The summed E-state index contributed by atoms with van der Waals surface area (Å²) in [6.45, 7) is 2.07. The number of sulfone groups is 1. The van der Waals surface area contributed by atoms with E-state index < -0.39 is 9.84 Å². The Morgan fingerprint density at radius 2 is 1.95 bits per heavy atom. The Morgan fingerprint density at radius 3 is 2.68 bits per heavy atom. The van der Waals surface area contributed by atoms with Gasteiger partial charge in [-0.3, -0.25) is 0 Å². The summed E-state index contributed by atoms with van der Waals surface area (Å²) in [6, 6.07) is 10.4. The third-order valence-electron chi connectivity index (χ3n) is 3.24. The van der Waals surface area contributed by atoms with Gasteiger partial charge in [0.2, 0.25) is 0 Å². The van der Waals surface area contributed by atoms with E-state index in [4.69, 9.17) is 0 Å². The van der Waals surface area contributed by atoms with E-state index in [0.29, 0.717) is 10.6 Å². The van der Waals surface area contributed by atoms with Gasteiger partial charge in [0.1, 0.15) is 4.21 Å². The average Bonchev–Trinajstić information content (AvgIpc) is 2.86. The zero-order chi connectivity index (χ0) is 13.5. The first kappa shape index (κ1) is 13.2. The predicted molar refractivity (Wildman–Crippen MR) is 80.8 cm³/mol. The monoisotopic (exact) mass is 310 g/mol. The Hall–Kier alpha value is -0.780. The van der Waals surface area contributed by atoms with Crippen molar-refractivity contribution in [3.63, 3.8) is 0 Å². The molecule has 2 heterocycles. The summed E-state index contributed by atoms with van der Waals surface area (Å²) in [4.78, 5) is 1.20. The fourth-order valence-corrected chi connectivity index (χ4v) is 6.68. The van der Waals surface area contributed by atoms with E-state index in [-0.39, 0.29) is 11.0 Å². The number of aryl methyl sites for hydroxylation is 1. The quantitative estimate of drug-likeness (QED) is 0.838. The summed E-state index contributed by atoms with van der Waals surface area (Å²) in [7, 11) is -3.03. The highest BCUT2D eigenvalue weighted by molar-refractivity contribution is 8.00. The molecular formula is C14H14O2S3. The van der Waals surface area contributed by atoms with Gasteiger partial charge < -0.3 is 0 Å². The van der Waals surface area contributed by atoms with Crippen LogP contribution >= 0.6 is 23.1 Å². The summed E-state index contributed by atoms with van der Waals surface area (Å²) in [5.41, 5.74) is 2.23. The van der Waals surface area contributed by atoms with Crippen LogP contribution in [0.4, 0.5) is 0 Å². The SMILES string of the molecule is Cc1ccc(S[C@@H]2CCS(=O)(=O)c3sccc32)cc1. The average molecular weight is 310 g/mol. The van der Waals surface area contributed by atoms with E-state index in [2.05, 4.69) is 31.2 Å². The van der Waals surface area contributed by atoms with E-state index in [1.807, 2.05) is 11.4 Å². The molecule has 0 N–H and O–H groups in total. The molecule has 2 aromatic rings. The van der Waals surface area contributed by atoms with Crippen molar-refractivity contribution in [3.05, 3.63) is 46.8 Å². The second-order valence-electron chi connectivity index (χ2n) is 4.69. The fraction of sp³-hybridized carbons (Fsp3) is 0.286. The Labute approximate surface area is 121 Å². The maximum absolute atomic E-state index is 12.0. The molecule has 0 unspecified atom stereocenters. The van der Waals surface area contributed by atoms with E-state index in [9.17, 15) is 8.42 Å². The van der Waals surface area contributed by atoms with Gasteiger partial charge in [-0.1, -0.05) is 17.7 Å². The van der Waals surface area contributed by atoms with Crippen molar-refractivity contribution in [1.29, 1.82) is 0 Å². The van der Waals surface area contributed by atoms with Crippen LogP contribution in [0.5, 0.6) is 0 Å². The van der Waals surface area contributed by atoms with Crippen molar-refractivity contribution in [2.45, 2.75) is 27.7 Å². The molecule has 100 valence electrons. The Bertz CT molecular complexity index is 684. The van der Waals surface area contributed by atoms with Crippen molar-refractivity contribution < 1.29 is 8.42 Å². The van der Waals surface area contributed by atoms with Crippen molar-refractivity contribution in [3.8, 4) is 0 Å². The van der Waals surface area contributed by atoms with E-state index >= 15 is 0 Å². The number of hydrogen-bond acceptors (Lipinski definition) is 4. The summed E-state index contributed by atoms with van der Waals surface area (Å²) < 4.78 is 24.5. The molecule has 0 saturated heterocycles. The normalized spacial score (nSPS) is 21.0. The zero-order valence-corrected chi connectivity index (χ0v) is 12.9. The molecule has 1 aromatic carbocycles. The Kier molecular flexibility index (Phi) is 3.45. The predicted octanol–water partition coefficient (Wildman–Crippen LogP) is 4.07. The van der Waals surface area contributed by atoms with Crippen molar-refractivity contribution in [2.24, 2.45) is 0 Å². The molecule has 2 nitrogen and oxygen atoms in total. The van der Waals surface area contributed by atoms with Gasteiger partial charge in [-0.2, -0.15) is 0 Å². The first-order chi connectivity index (χ1) is 9.06.